The van der Waals surface area contributed by atoms with Crippen molar-refractivity contribution in [1.29, 1.82) is 0 Å². The molecular weight excluding hydrogens is 266 g/mol. The summed E-state index contributed by atoms with van der Waals surface area (Å²) >= 11 is 0. The molecule has 1 saturated carbocycles. The third-order valence-electron chi connectivity index (χ3n) is 3.92. The highest BCUT2D eigenvalue weighted by Crippen LogP contribution is 2.17. The molecule has 6 nitrogen and oxygen atoms in total. The van der Waals surface area contributed by atoms with Gasteiger partial charge in [0.2, 0.25) is 0 Å². The molecule has 0 unspecified atom stereocenters. The molecule has 0 bridgehead atoms. The van der Waals surface area contributed by atoms with Crippen LogP contribution >= 0.6 is 0 Å². The molecule has 1 aliphatic carbocycles. The van der Waals surface area contributed by atoms with Crippen molar-refractivity contribution in [2.24, 2.45) is 5.73 Å². The van der Waals surface area contributed by atoms with Crippen molar-refractivity contribution in [3.63, 3.8) is 0 Å². The molecule has 0 spiro atoms. The quantitative estimate of drug-likeness (QED) is 0.889. The molecule has 1 heterocycles. The number of carbonyl (C=O) groups is 1. The predicted molar refractivity (Wildman–Crippen MR) is 79.1 cm³/mol. The molecule has 110 valence electrons. The predicted octanol–water partition coefficient (Wildman–Crippen LogP) is 1.27. The van der Waals surface area contributed by atoms with Gasteiger partial charge in [-0.25, -0.2) is 9.67 Å². The first-order valence-electron chi connectivity index (χ1n) is 7.24. The number of nitrogens with one attached hydrogen (secondary N) is 1. The Bertz CT molecular complexity index is 585. The molecular formula is C15H19N5O. The average molecular weight is 285 g/mol. The summed E-state index contributed by atoms with van der Waals surface area (Å²) in [5.74, 6) is -0.0272. The summed E-state index contributed by atoms with van der Waals surface area (Å²) in [6.07, 6.45) is 7.00. The maximum absolute atomic E-state index is 12.2. The monoisotopic (exact) mass is 285 g/mol. The zero-order valence-corrected chi connectivity index (χ0v) is 11.8. The van der Waals surface area contributed by atoms with Gasteiger partial charge in [-0.1, -0.05) is 0 Å². The summed E-state index contributed by atoms with van der Waals surface area (Å²) in [6, 6.07) is 7.87. The molecule has 0 atom stereocenters. The molecule has 0 aliphatic heterocycles. The molecule has 1 aromatic carbocycles. The van der Waals surface area contributed by atoms with E-state index in [1.165, 1.54) is 6.33 Å². The van der Waals surface area contributed by atoms with E-state index in [1.54, 1.807) is 23.1 Å². The third kappa shape index (κ3) is 3.28. The van der Waals surface area contributed by atoms with E-state index in [0.29, 0.717) is 11.6 Å². The van der Waals surface area contributed by atoms with E-state index in [2.05, 4.69) is 15.4 Å². The van der Waals surface area contributed by atoms with Crippen molar-refractivity contribution < 1.29 is 4.79 Å². The van der Waals surface area contributed by atoms with E-state index in [-0.39, 0.29) is 11.9 Å². The van der Waals surface area contributed by atoms with Crippen molar-refractivity contribution in [3.05, 3.63) is 42.5 Å². The van der Waals surface area contributed by atoms with E-state index < -0.39 is 0 Å². The minimum absolute atomic E-state index is 0.0272. The van der Waals surface area contributed by atoms with Crippen LogP contribution in [0.15, 0.2) is 36.9 Å². The second-order valence-corrected chi connectivity index (χ2v) is 5.47. The van der Waals surface area contributed by atoms with Gasteiger partial charge in [0.15, 0.2) is 0 Å². The van der Waals surface area contributed by atoms with Gasteiger partial charge in [-0.05, 0) is 49.9 Å². The molecule has 1 amide bonds. The molecule has 21 heavy (non-hydrogen) atoms. The fraction of sp³-hybridized carbons (Fsp3) is 0.400. The van der Waals surface area contributed by atoms with Crippen LogP contribution in [0.4, 0.5) is 0 Å². The molecule has 6 heteroatoms. The van der Waals surface area contributed by atoms with Crippen molar-refractivity contribution >= 4 is 5.91 Å². The zero-order valence-electron chi connectivity index (χ0n) is 11.8. The van der Waals surface area contributed by atoms with Crippen LogP contribution in [0.25, 0.3) is 5.69 Å². The van der Waals surface area contributed by atoms with E-state index in [9.17, 15) is 4.79 Å². The van der Waals surface area contributed by atoms with Crippen LogP contribution < -0.4 is 11.1 Å². The molecule has 2 aromatic rings. The highest BCUT2D eigenvalue weighted by Gasteiger charge is 2.20. The van der Waals surface area contributed by atoms with Crippen LogP contribution in [-0.4, -0.2) is 32.8 Å². The van der Waals surface area contributed by atoms with Crippen LogP contribution in [0.5, 0.6) is 0 Å². The number of hydrogen-bond acceptors (Lipinski definition) is 4. The number of rotatable bonds is 3. The van der Waals surface area contributed by atoms with Crippen LogP contribution in [-0.2, 0) is 0 Å². The lowest BCUT2D eigenvalue weighted by Crippen LogP contribution is -2.40. The Kier molecular flexibility index (Phi) is 3.96. The lowest BCUT2D eigenvalue weighted by Gasteiger charge is -2.26. The lowest BCUT2D eigenvalue weighted by molar-refractivity contribution is 0.0926. The van der Waals surface area contributed by atoms with Gasteiger partial charge in [0.1, 0.15) is 12.7 Å². The second kappa shape index (κ2) is 6.05. The molecule has 0 radical (unpaired) electrons. The summed E-state index contributed by atoms with van der Waals surface area (Å²) in [6.45, 7) is 0. The summed E-state index contributed by atoms with van der Waals surface area (Å²) in [7, 11) is 0. The highest BCUT2D eigenvalue weighted by molar-refractivity contribution is 5.94. The minimum Gasteiger partial charge on any atom is -0.349 e. The molecule has 1 aromatic heterocycles. The topological polar surface area (TPSA) is 85.8 Å². The smallest absolute Gasteiger partial charge is 0.251 e. The Morgan fingerprint density at radius 3 is 2.52 bits per heavy atom. The van der Waals surface area contributed by atoms with Gasteiger partial charge in [0.25, 0.3) is 5.91 Å². The third-order valence-corrected chi connectivity index (χ3v) is 3.92. The Morgan fingerprint density at radius 2 is 1.90 bits per heavy atom. The van der Waals surface area contributed by atoms with Crippen molar-refractivity contribution in [1.82, 2.24) is 20.1 Å². The number of nitrogens with zero attached hydrogens (tertiary/aromatic N) is 3. The first kappa shape index (κ1) is 13.8. The van der Waals surface area contributed by atoms with Gasteiger partial charge >= 0.3 is 0 Å². The standard InChI is InChI=1S/C15H19N5O/c16-12-3-5-13(6-4-12)19-15(21)11-1-7-14(8-2-11)20-10-17-9-18-20/h1-2,7-10,12-13H,3-6,16H2,(H,19,21). The summed E-state index contributed by atoms with van der Waals surface area (Å²) < 4.78 is 1.66. The van der Waals surface area contributed by atoms with E-state index in [0.717, 1.165) is 31.4 Å². The van der Waals surface area contributed by atoms with E-state index in [4.69, 9.17) is 5.73 Å². The van der Waals surface area contributed by atoms with E-state index in [1.807, 2.05) is 12.1 Å². The SMILES string of the molecule is NC1CCC(NC(=O)c2ccc(-n3cncn3)cc2)CC1. The van der Waals surface area contributed by atoms with Gasteiger partial charge in [-0.2, -0.15) is 5.10 Å². The Labute approximate surface area is 123 Å². The molecule has 1 fully saturated rings. The number of hydrogen-bond donors (Lipinski definition) is 2. The summed E-state index contributed by atoms with van der Waals surface area (Å²) in [5.41, 5.74) is 7.42. The Balaban J connectivity index is 1.62. The molecule has 0 saturated heterocycles. The van der Waals surface area contributed by atoms with Gasteiger partial charge in [0, 0.05) is 17.6 Å². The van der Waals surface area contributed by atoms with Crippen molar-refractivity contribution in [2.75, 3.05) is 0 Å². The highest BCUT2D eigenvalue weighted by atomic mass is 16.1. The Morgan fingerprint density at radius 1 is 1.19 bits per heavy atom. The minimum atomic E-state index is -0.0272. The Hall–Kier alpha value is -2.21. The van der Waals surface area contributed by atoms with E-state index >= 15 is 0 Å². The summed E-state index contributed by atoms with van der Waals surface area (Å²) in [5, 5.41) is 7.14. The second-order valence-electron chi connectivity index (χ2n) is 5.47. The number of benzene rings is 1. The maximum atomic E-state index is 12.2. The number of carbonyl (C=O) groups excluding carboxylic acids is 1. The first-order chi connectivity index (χ1) is 10.2. The van der Waals surface area contributed by atoms with Gasteiger partial charge in [-0.3, -0.25) is 4.79 Å². The molecule has 3 N–H and O–H groups in total. The van der Waals surface area contributed by atoms with Crippen LogP contribution in [0.2, 0.25) is 0 Å². The molecule has 1 aliphatic rings. The zero-order chi connectivity index (χ0) is 14.7. The van der Waals surface area contributed by atoms with Crippen LogP contribution in [0, 0.1) is 0 Å². The fourth-order valence-electron chi connectivity index (χ4n) is 2.64. The summed E-state index contributed by atoms with van der Waals surface area (Å²) in [4.78, 5) is 16.1. The van der Waals surface area contributed by atoms with Gasteiger partial charge in [-0.15, -0.1) is 0 Å². The first-order valence-corrected chi connectivity index (χ1v) is 7.24. The largest absolute Gasteiger partial charge is 0.349 e. The van der Waals surface area contributed by atoms with Crippen LogP contribution in [0.3, 0.4) is 0 Å². The average Bonchev–Trinajstić information content (AvgIpc) is 3.04. The fourth-order valence-corrected chi connectivity index (χ4v) is 2.64. The van der Waals surface area contributed by atoms with Crippen molar-refractivity contribution in [2.45, 2.75) is 37.8 Å². The number of nitrogens with two attached hydrogens (primary N) is 1. The maximum Gasteiger partial charge on any atom is 0.251 e. The van der Waals surface area contributed by atoms with Crippen molar-refractivity contribution in [3.8, 4) is 5.69 Å². The number of aromatic nitrogens is 3. The van der Waals surface area contributed by atoms with Gasteiger partial charge < -0.3 is 11.1 Å². The van der Waals surface area contributed by atoms with Crippen LogP contribution in [0.1, 0.15) is 36.0 Å². The van der Waals surface area contributed by atoms with Gasteiger partial charge in [0.05, 0.1) is 5.69 Å². The molecule has 3 rings (SSSR count). The normalized spacial score (nSPS) is 22.0. The lowest BCUT2D eigenvalue weighted by atomic mass is 9.91. The number of amides is 1.